The van der Waals surface area contributed by atoms with Crippen LogP contribution in [0, 0.1) is 5.92 Å². The topological polar surface area (TPSA) is 52.6 Å². The van der Waals surface area contributed by atoms with Crippen LogP contribution < -0.4 is 5.32 Å². The molecule has 0 heterocycles. The minimum absolute atomic E-state index is 0.136. The molecule has 0 bridgehead atoms. The van der Waals surface area contributed by atoms with Crippen molar-refractivity contribution < 1.29 is 9.90 Å². The van der Waals surface area contributed by atoms with Crippen molar-refractivity contribution in [1.29, 1.82) is 0 Å². The van der Waals surface area contributed by atoms with Crippen molar-refractivity contribution in [3.63, 3.8) is 0 Å². The molecule has 4 heteroatoms. The lowest BCUT2D eigenvalue weighted by Gasteiger charge is -2.44. The molecular formula is C16H30N2O2. The maximum atomic E-state index is 11.1. The number of rotatable bonds is 5. The summed E-state index contributed by atoms with van der Waals surface area (Å²) in [5.41, 5.74) is 0.286. The Hall–Kier alpha value is -0.610. The van der Waals surface area contributed by atoms with E-state index in [0.717, 1.165) is 32.2 Å². The first kappa shape index (κ1) is 15.8. The van der Waals surface area contributed by atoms with E-state index >= 15 is 0 Å². The molecule has 20 heavy (non-hydrogen) atoms. The highest BCUT2D eigenvalue weighted by Crippen LogP contribution is 2.32. The van der Waals surface area contributed by atoms with Gasteiger partial charge in [0.1, 0.15) is 0 Å². The largest absolute Gasteiger partial charge is 0.481 e. The zero-order chi connectivity index (χ0) is 14.6. The Balaban J connectivity index is 1.87. The molecule has 4 nitrogen and oxygen atoms in total. The zero-order valence-electron chi connectivity index (χ0n) is 13.0. The van der Waals surface area contributed by atoms with Gasteiger partial charge in [-0.2, -0.15) is 0 Å². The van der Waals surface area contributed by atoms with Gasteiger partial charge in [-0.25, -0.2) is 0 Å². The van der Waals surface area contributed by atoms with Gasteiger partial charge in [-0.15, -0.1) is 0 Å². The smallest absolute Gasteiger partial charge is 0.306 e. The number of hydrogen-bond donors (Lipinski definition) is 2. The van der Waals surface area contributed by atoms with Gasteiger partial charge >= 0.3 is 5.97 Å². The molecule has 0 aromatic carbocycles. The van der Waals surface area contributed by atoms with E-state index in [1.165, 1.54) is 32.1 Å². The summed E-state index contributed by atoms with van der Waals surface area (Å²) in [4.78, 5) is 13.5. The Bertz CT molecular complexity index is 324. The van der Waals surface area contributed by atoms with Crippen molar-refractivity contribution >= 4 is 5.97 Å². The molecule has 2 saturated carbocycles. The van der Waals surface area contributed by atoms with Gasteiger partial charge in [-0.05, 0) is 46.2 Å². The van der Waals surface area contributed by atoms with Crippen molar-refractivity contribution in [2.24, 2.45) is 5.92 Å². The van der Waals surface area contributed by atoms with Gasteiger partial charge < -0.3 is 15.3 Å². The van der Waals surface area contributed by atoms with Gasteiger partial charge in [-0.1, -0.05) is 25.7 Å². The fourth-order valence-corrected chi connectivity index (χ4v) is 3.93. The SMILES string of the molecule is CN(C)C1(CNC2CCCC(C(=O)O)C2)CCCCC1. The van der Waals surface area contributed by atoms with Gasteiger partial charge in [0.05, 0.1) is 5.92 Å². The average Bonchev–Trinajstić information content (AvgIpc) is 2.46. The van der Waals surface area contributed by atoms with E-state index in [2.05, 4.69) is 24.3 Å². The van der Waals surface area contributed by atoms with Crippen molar-refractivity contribution in [2.75, 3.05) is 20.6 Å². The van der Waals surface area contributed by atoms with Gasteiger partial charge in [0.15, 0.2) is 0 Å². The second kappa shape index (κ2) is 6.90. The number of likely N-dealkylation sites (N-methyl/N-ethyl adjacent to an activating group) is 1. The van der Waals surface area contributed by atoms with Crippen LogP contribution in [0.3, 0.4) is 0 Å². The van der Waals surface area contributed by atoms with Crippen LogP contribution in [0.4, 0.5) is 0 Å². The molecule has 2 rings (SSSR count). The summed E-state index contributed by atoms with van der Waals surface area (Å²) < 4.78 is 0. The van der Waals surface area contributed by atoms with E-state index in [1.807, 2.05) is 0 Å². The molecule has 0 spiro atoms. The molecule has 2 fully saturated rings. The molecule has 0 aliphatic heterocycles. The van der Waals surface area contributed by atoms with Crippen molar-refractivity contribution in [3.05, 3.63) is 0 Å². The first-order chi connectivity index (χ1) is 9.53. The number of carboxylic acid groups (broad SMARTS) is 1. The maximum absolute atomic E-state index is 11.1. The van der Waals surface area contributed by atoms with Gasteiger partial charge in [-0.3, -0.25) is 4.79 Å². The normalized spacial score (nSPS) is 30.4. The summed E-state index contributed by atoms with van der Waals surface area (Å²) in [6, 6.07) is 0.392. The first-order valence-electron chi connectivity index (χ1n) is 8.17. The molecule has 0 aromatic rings. The molecule has 2 atom stereocenters. The third-order valence-electron chi connectivity index (χ3n) is 5.48. The van der Waals surface area contributed by atoms with Crippen LogP contribution >= 0.6 is 0 Å². The van der Waals surface area contributed by atoms with E-state index in [1.54, 1.807) is 0 Å². The Morgan fingerprint density at radius 2 is 1.90 bits per heavy atom. The summed E-state index contributed by atoms with van der Waals surface area (Å²) in [7, 11) is 4.38. The minimum Gasteiger partial charge on any atom is -0.481 e. The molecule has 0 amide bonds. The lowest BCUT2D eigenvalue weighted by atomic mass is 9.79. The molecule has 0 radical (unpaired) electrons. The molecule has 2 aliphatic carbocycles. The molecule has 0 saturated heterocycles. The van der Waals surface area contributed by atoms with E-state index in [9.17, 15) is 9.90 Å². The highest BCUT2D eigenvalue weighted by Gasteiger charge is 2.35. The summed E-state index contributed by atoms with van der Waals surface area (Å²) in [6.07, 6.45) is 10.4. The number of hydrogen-bond acceptors (Lipinski definition) is 3. The molecule has 2 aliphatic rings. The third kappa shape index (κ3) is 3.73. The average molecular weight is 282 g/mol. The molecule has 0 aromatic heterocycles. The summed E-state index contributed by atoms with van der Waals surface area (Å²) >= 11 is 0. The fraction of sp³-hybridized carbons (Fsp3) is 0.938. The second-order valence-corrected chi connectivity index (χ2v) is 6.96. The number of carbonyl (C=O) groups is 1. The quantitative estimate of drug-likeness (QED) is 0.813. The van der Waals surface area contributed by atoms with Gasteiger partial charge in [0, 0.05) is 18.1 Å². The predicted molar refractivity (Wildman–Crippen MR) is 80.9 cm³/mol. The van der Waals surface area contributed by atoms with Gasteiger partial charge in [0.25, 0.3) is 0 Å². The van der Waals surface area contributed by atoms with Crippen molar-refractivity contribution in [2.45, 2.75) is 69.4 Å². The third-order valence-corrected chi connectivity index (χ3v) is 5.48. The maximum Gasteiger partial charge on any atom is 0.306 e. The van der Waals surface area contributed by atoms with Crippen LogP contribution in [0.1, 0.15) is 57.8 Å². The molecule has 116 valence electrons. The van der Waals surface area contributed by atoms with E-state index in [-0.39, 0.29) is 11.5 Å². The molecule has 2 N–H and O–H groups in total. The van der Waals surface area contributed by atoms with Crippen LogP contribution in [0.15, 0.2) is 0 Å². The Kier molecular flexibility index (Phi) is 5.44. The minimum atomic E-state index is -0.614. The zero-order valence-corrected chi connectivity index (χ0v) is 13.0. The highest BCUT2D eigenvalue weighted by atomic mass is 16.4. The number of nitrogens with one attached hydrogen (secondary N) is 1. The Morgan fingerprint density at radius 3 is 2.50 bits per heavy atom. The van der Waals surface area contributed by atoms with Crippen LogP contribution in [0.25, 0.3) is 0 Å². The Labute approximate surface area is 122 Å². The fourth-order valence-electron chi connectivity index (χ4n) is 3.93. The van der Waals surface area contributed by atoms with E-state index in [0.29, 0.717) is 6.04 Å². The lowest BCUT2D eigenvalue weighted by molar-refractivity contribution is -0.143. The van der Waals surface area contributed by atoms with Crippen LogP contribution in [-0.2, 0) is 4.79 Å². The monoisotopic (exact) mass is 282 g/mol. The molecule has 2 unspecified atom stereocenters. The molecular weight excluding hydrogens is 252 g/mol. The summed E-state index contributed by atoms with van der Waals surface area (Å²) in [5, 5.41) is 12.9. The van der Waals surface area contributed by atoms with E-state index < -0.39 is 5.97 Å². The van der Waals surface area contributed by atoms with Crippen molar-refractivity contribution in [1.82, 2.24) is 10.2 Å². The van der Waals surface area contributed by atoms with Crippen LogP contribution in [-0.4, -0.2) is 48.2 Å². The van der Waals surface area contributed by atoms with E-state index in [4.69, 9.17) is 0 Å². The van der Waals surface area contributed by atoms with Crippen LogP contribution in [0.5, 0.6) is 0 Å². The number of carboxylic acids is 1. The predicted octanol–water partition coefficient (Wildman–Crippen LogP) is 2.48. The highest BCUT2D eigenvalue weighted by molar-refractivity contribution is 5.70. The first-order valence-corrected chi connectivity index (χ1v) is 8.17. The summed E-state index contributed by atoms with van der Waals surface area (Å²) in [6.45, 7) is 1.01. The Morgan fingerprint density at radius 1 is 1.20 bits per heavy atom. The van der Waals surface area contributed by atoms with Crippen molar-refractivity contribution in [3.8, 4) is 0 Å². The summed E-state index contributed by atoms with van der Waals surface area (Å²) in [5.74, 6) is -0.751. The van der Waals surface area contributed by atoms with Gasteiger partial charge in [0.2, 0.25) is 0 Å². The number of nitrogens with zero attached hydrogens (tertiary/aromatic N) is 1. The standard InChI is InChI=1S/C16H30N2O2/c1-18(2)16(9-4-3-5-10-16)12-17-14-8-6-7-13(11-14)15(19)20/h13-14,17H,3-12H2,1-2H3,(H,19,20). The lowest BCUT2D eigenvalue weighted by Crippen LogP contribution is -2.55. The number of aliphatic carboxylic acids is 1. The second-order valence-electron chi connectivity index (χ2n) is 6.96. The van der Waals surface area contributed by atoms with Crippen LogP contribution in [0.2, 0.25) is 0 Å².